The number of hydrogen-bond donors (Lipinski definition) is 2. The van der Waals surface area contributed by atoms with Gasteiger partial charge in [0.2, 0.25) is 0 Å². The number of aliphatic hydroxyl groups is 2. The minimum absolute atomic E-state index is 0.128. The van der Waals surface area contributed by atoms with Gasteiger partial charge in [-0.05, 0) is 29.3 Å². The maximum Gasteiger partial charge on any atom is 0.127 e. The van der Waals surface area contributed by atoms with Gasteiger partial charge >= 0.3 is 0 Å². The van der Waals surface area contributed by atoms with Crippen molar-refractivity contribution >= 4 is 0 Å². The van der Waals surface area contributed by atoms with Crippen LogP contribution in [0.1, 0.15) is 17.5 Å². The van der Waals surface area contributed by atoms with E-state index in [9.17, 15) is 5.11 Å². The molecule has 0 atom stereocenters. The molecule has 0 fully saturated rings. The van der Waals surface area contributed by atoms with Crippen molar-refractivity contribution in [3.8, 4) is 23.0 Å². The zero-order valence-corrected chi connectivity index (χ0v) is 13.3. The van der Waals surface area contributed by atoms with Crippen LogP contribution in [-0.4, -0.2) is 41.9 Å². The van der Waals surface area contributed by atoms with Gasteiger partial charge in [-0.1, -0.05) is 60.4 Å². The van der Waals surface area contributed by atoms with Crippen LogP contribution < -0.4 is 0 Å². The fourth-order valence-electron chi connectivity index (χ4n) is 3.12. The number of fused-ring (bicyclic) bond motifs is 3. The summed E-state index contributed by atoms with van der Waals surface area (Å²) >= 11 is 0. The normalized spacial score (nSPS) is 14.1. The van der Waals surface area contributed by atoms with Gasteiger partial charge in [0.05, 0.1) is 13.2 Å². The SMILES string of the molecule is CN(CC#CCC1(O)c2ccccc2-c2ccccc21)CCO. The molecule has 0 unspecified atom stereocenters. The van der Waals surface area contributed by atoms with Crippen molar-refractivity contribution in [2.24, 2.45) is 0 Å². The zero-order valence-electron chi connectivity index (χ0n) is 13.3. The maximum atomic E-state index is 11.3. The molecule has 0 radical (unpaired) electrons. The van der Waals surface area contributed by atoms with Gasteiger partial charge in [0.25, 0.3) is 0 Å². The van der Waals surface area contributed by atoms with Gasteiger partial charge in [0.15, 0.2) is 0 Å². The second-order valence-electron chi connectivity index (χ2n) is 5.94. The van der Waals surface area contributed by atoms with Gasteiger partial charge in [-0.25, -0.2) is 0 Å². The largest absolute Gasteiger partial charge is 0.395 e. The molecular formula is C20H21NO2. The Morgan fingerprint density at radius 3 is 2.09 bits per heavy atom. The molecule has 2 aromatic rings. The van der Waals surface area contributed by atoms with Crippen LogP contribution in [-0.2, 0) is 5.60 Å². The van der Waals surface area contributed by atoms with Gasteiger partial charge in [0, 0.05) is 13.0 Å². The summed E-state index contributed by atoms with van der Waals surface area (Å²) in [6.07, 6.45) is 0.369. The van der Waals surface area contributed by atoms with Gasteiger partial charge in [-0.3, -0.25) is 4.90 Å². The molecule has 3 nitrogen and oxygen atoms in total. The van der Waals surface area contributed by atoms with Crippen molar-refractivity contribution in [3.05, 3.63) is 59.7 Å². The molecule has 1 aliphatic rings. The molecule has 0 saturated carbocycles. The standard InChI is InChI=1S/C20H21NO2/c1-21(14-15-22)13-7-6-12-20(23)18-10-4-2-8-16(18)17-9-3-5-11-19(17)20/h2-5,8-11,22-23H,12-15H2,1H3. The number of benzene rings is 2. The fraction of sp³-hybridized carbons (Fsp3) is 0.300. The van der Waals surface area contributed by atoms with Crippen LogP contribution >= 0.6 is 0 Å². The highest BCUT2D eigenvalue weighted by atomic mass is 16.3. The summed E-state index contributed by atoms with van der Waals surface area (Å²) in [6, 6.07) is 16.0. The molecule has 0 saturated heterocycles. The molecule has 3 heteroatoms. The summed E-state index contributed by atoms with van der Waals surface area (Å²) in [6.45, 7) is 1.31. The van der Waals surface area contributed by atoms with Crippen molar-refractivity contribution in [3.63, 3.8) is 0 Å². The van der Waals surface area contributed by atoms with Crippen LogP contribution in [0.3, 0.4) is 0 Å². The molecule has 3 rings (SSSR count). The molecule has 1 aliphatic carbocycles. The molecule has 118 valence electrons. The van der Waals surface area contributed by atoms with Crippen LogP contribution in [0.25, 0.3) is 11.1 Å². The lowest BCUT2D eigenvalue weighted by Crippen LogP contribution is -2.24. The summed E-state index contributed by atoms with van der Waals surface area (Å²) in [5.41, 5.74) is 2.99. The number of likely N-dealkylation sites (N-methyl/N-ethyl adjacent to an activating group) is 1. The molecule has 0 amide bonds. The van der Waals surface area contributed by atoms with Crippen LogP contribution in [0.4, 0.5) is 0 Å². The third-order valence-corrected chi connectivity index (χ3v) is 4.34. The third-order valence-electron chi connectivity index (χ3n) is 4.34. The minimum atomic E-state index is -1.05. The Morgan fingerprint density at radius 1 is 0.957 bits per heavy atom. The average molecular weight is 307 g/mol. The van der Waals surface area contributed by atoms with Crippen molar-refractivity contribution in [2.45, 2.75) is 12.0 Å². The van der Waals surface area contributed by atoms with Crippen LogP contribution in [0.5, 0.6) is 0 Å². The second-order valence-corrected chi connectivity index (χ2v) is 5.94. The molecule has 0 heterocycles. The van der Waals surface area contributed by atoms with Crippen molar-refractivity contribution < 1.29 is 10.2 Å². The van der Waals surface area contributed by atoms with E-state index in [0.29, 0.717) is 19.5 Å². The van der Waals surface area contributed by atoms with E-state index in [1.807, 2.05) is 48.3 Å². The molecular weight excluding hydrogens is 286 g/mol. The predicted molar refractivity (Wildman–Crippen MR) is 91.9 cm³/mol. The first kappa shape index (κ1) is 15.8. The van der Waals surface area contributed by atoms with E-state index in [4.69, 9.17) is 5.11 Å². The minimum Gasteiger partial charge on any atom is -0.395 e. The predicted octanol–water partition coefficient (Wildman–Crippen LogP) is 2.22. The Morgan fingerprint density at radius 2 is 1.52 bits per heavy atom. The van der Waals surface area contributed by atoms with Crippen LogP contribution in [0.2, 0.25) is 0 Å². The van der Waals surface area contributed by atoms with E-state index in [2.05, 4.69) is 24.0 Å². The van der Waals surface area contributed by atoms with E-state index < -0.39 is 5.60 Å². The third kappa shape index (κ3) is 2.89. The second kappa shape index (κ2) is 6.55. The molecule has 23 heavy (non-hydrogen) atoms. The summed E-state index contributed by atoms with van der Waals surface area (Å²) in [5.74, 6) is 6.20. The Hall–Kier alpha value is -2.12. The Balaban J connectivity index is 1.88. The Kier molecular flexibility index (Phi) is 4.49. The zero-order chi connectivity index (χ0) is 16.3. The molecule has 0 aromatic heterocycles. The molecule has 2 N–H and O–H groups in total. The number of aliphatic hydroxyl groups excluding tert-OH is 1. The summed E-state index contributed by atoms with van der Waals surface area (Å²) in [7, 11) is 1.92. The molecule has 0 spiro atoms. The van der Waals surface area contributed by atoms with Crippen LogP contribution in [0.15, 0.2) is 48.5 Å². The Bertz CT molecular complexity index is 712. The highest BCUT2D eigenvalue weighted by Gasteiger charge is 2.40. The van der Waals surface area contributed by atoms with Gasteiger partial charge in [0.1, 0.15) is 5.60 Å². The number of nitrogens with zero attached hydrogens (tertiary/aromatic N) is 1. The summed E-state index contributed by atoms with van der Waals surface area (Å²) in [5, 5.41) is 20.2. The monoisotopic (exact) mass is 307 g/mol. The van der Waals surface area contributed by atoms with Crippen molar-refractivity contribution in [2.75, 3.05) is 26.7 Å². The first-order valence-electron chi connectivity index (χ1n) is 7.83. The highest BCUT2D eigenvalue weighted by molar-refractivity contribution is 5.80. The molecule has 0 bridgehead atoms. The average Bonchev–Trinajstić information content (AvgIpc) is 2.83. The lowest BCUT2D eigenvalue weighted by molar-refractivity contribution is 0.0914. The first-order chi connectivity index (χ1) is 11.2. The van der Waals surface area contributed by atoms with E-state index in [1.165, 1.54) is 0 Å². The van der Waals surface area contributed by atoms with E-state index in [0.717, 1.165) is 22.3 Å². The fourth-order valence-corrected chi connectivity index (χ4v) is 3.12. The lowest BCUT2D eigenvalue weighted by Gasteiger charge is -2.23. The smallest absolute Gasteiger partial charge is 0.127 e. The lowest BCUT2D eigenvalue weighted by atomic mass is 9.88. The summed E-state index contributed by atoms with van der Waals surface area (Å²) < 4.78 is 0. The highest BCUT2D eigenvalue weighted by Crippen LogP contribution is 2.48. The van der Waals surface area contributed by atoms with E-state index >= 15 is 0 Å². The van der Waals surface area contributed by atoms with Crippen LogP contribution in [0, 0.1) is 11.8 Å². The number of rotatable bonds is 4. The maximum absolute atomic E-state index is 11.3. The van der Waals surface area contributed by atoms with Crippen molar-refractivity contribution in [1.82, 2.24) is 4.90 Å². The van der Waals surface area contributed by atoms with E-state index in [-0.39, 0.29) is 6.61 Å². The Labute approximate surface area is 137 Å². The molecule has 0 aliphatic heterocycles. The first-order valence-corrected chi connectivity index (χ1v) is 7.83. The van der Waals surface area contributed by atoms with Gasteiger partial charge in [-0.15, -0.1) is 0 Å². The summed E-state index contributed by atoms with van der Waals surface area (Å²) in [4.78, 5) is 1.95. The van der Waals surface area contributed by atoms with E-state index in [1.54, 1.807) is 0 Å². The quantitative estimate of drug-likeness (QED) is 0.851. The topological polar surface area (TPSA) is 43.7 Å². The number of hydrogen-bond acceptors (Lipinski definition) is 3. The van der Waals surface area contributed by atoms with Gasteiger partial charge < -0.3 is 10.2 Å². The van der Waals surface area contributed by atoms with Crippen molar-refractivity contribution in [1.29, 1.82) is 0 Å². The van der Waals surface area contributed by atoms with Gasteiger partial charge in [-0.2, -0.15) is 0 Å². The molecule has 2 aromatic carbocycles.